The Kier molecular flexibility index (Phi) is 4.63. The molecule has 0 fully saturated rings. The van der Waals surface area contributed by atoms with Crippen molar-refractivity contribution in [2.75, 3.05) is 5.32 Å². The molecule has 0 aliphatic carbocycles. The molecule has 3 nitrogen and oxygen atoms in total. The highest BCUT2D eigenvalue weighted by Gasteiger charge is 2.18. The maximum absolute atomic E-state index is 12.6. The number of amides is 1. The number of rotatable bonds is 5. The minimum absolute atomic E-state index is 0.0331. The number of hydrogen-bond donors (Lipinski definition) is 1. The normalized spacial score (nSPS) is 12.1. The Balaban J connectivity index is 1.78. The Hall–Kier alpha value is -2.33. The SMILES string of the molecule is Cc1cccc(NC(=O)C[C@H](c2cccs2)n2cccc2)c1C. The maximum atomic E-state index is 12.6. The van der Waals surface area contributed by atoms with Crippen molar-refractivity contribution in [2.45, 2.75) is 26.3 Å². The van der Waals surface area contributed by atoms with Crippen LogP contribution < -0.4 is 5.32 Å². The van der Waals surface area contributed by atoms with Crippen molar-refractivity contribution in [3.8, 4) is 0 Å². The fraction of sp³-hybridized carbons (Fsp3) is 0.211. The highest BCUT2D eigenvalue weighted by atomic mass is 32.1. The van der Waals surface area contributed by atoms with Crippen molar-refractivity contribution in [2.24, 2.45) is 0 Å². The average molecular weight is 324 g/mol. The molecule has 1 N–H and O–H groups in total. The van der Waals surface area contributed by atoms with Gasteiger partial charge in [-0.3, -0.25) is 4.79 Å². The largest absolute Gasteiger partial charge is 0.346 e. The van der Waals surface area contributed by atoms with Gasteiger partial charge in [0.05, 0.1) is 12.5 Å². The van der Waals surface area contributed by atoms with E-state index in [1.807, 2.05) is 49.6 Å². The molecule has 3 aromatic rings. The Morgan fingerprint density at radius 1 is 1.13 bits per heavy atom. The molecule has 0 spiro atoms. The lowest BCUT2D eigenvalue weighted by Crippen LogP contribution is -2.19. The number of thiophene rings is 1. The van der Waals surface area contributed by atoms with Gasteiger partial charge in [0.15, 0.2) is 0 Å². The monoisotopic (exact) mass is 324 g/mol. The van der Waals surface area contributed by atoms with Gasteiger partial charge < -0.3 is 9.88 Å². The van der Waals surface area contributed by atoms with E-state index in [1.165, 1.54) is 10.4 Å². The van der Waals surface area contributed by atoms with Crippen LogP contribution in [0.5, 0.6) is 0 Å². The summed E-state index contributed by atoms with van der Waals surface area (Å²) in [5, 5.41) is 5.11. The van der Waals surface area contributed by atoms with Crippen molar-refractivity contribution in [1.29, 1.82) is 0 Å². The van der Waals surface area contributed by atoms with E-state index >= 15 is 0 Å². The summed E-state index contributed by atoms with van der Waals surface area (Å²) in [4.78, 5) is 13.7. The predicted molar refractivity (Wildman–Crippen MR) is 96.1 cm³/mol. The van der Waals surface area contributed by atoms with Gasteiger partial charge in [0, 0.05) is 23.0 Å². The molecule has 0 radical (unpaired) electrons. The first-order valence-electron chi connectivity index (χ1n) is 7.67. The molecular weight excluding hydrogens is 304 g/mol. The molecule has 0 bridgehead atoms. The molecule has 23 heavy (non-hydrogen) atoms. The lowest BCUT2D eigenvalue weighted by atomic mass is 10.1. The van der Waals surface area contributed by atoms with Gasteiger partial charge in [-0.05, 0) is 54.6 Å². The Bertz CT molecular complexity index is 742. The molecule has 0 saturated carbocycles. The van der Waals surface area contributed by atoms with Crippen LogP contribution in [0.15, 0.2) is 60.2 Å². The van der Waals surface area contributed by atoms with Crippen LogP contribution in [-0.2, 0) is 4.79 Å². The molecule has 118 valence electrons. The van der Waals surface area contributed by atoms with E-state index in [9.17, 15) is 4.79 Å². The number of aromatic nitrogens is 1. The number of carbonyl (C=O) groups excluding carboxylic acids is 1. The van der Waals surface area contributed by atoms with E-state index in [0.29, 0.717) is 6.42 Å². The molecule has 2 aromatic heterocycles. The van der Waals surface area contributed by atoms with Crippen LogP contribution in [0.1, 0.15) is 28.5 Å². The van der Waals surface area contributed by atoms with E-state index < -0.39 is 0 Å². The van der Waals surface area contributed by atoms with Gasteiger partial charge in [0.25, 0.3) is 0 Å². The second-order valence-electron chi connectivity index (χ2n) is 5.66. The third-order valence-corrected chi connectivity index (χ3v) is 5.09. The van der Waals surface area contributed by atoms with Gasteiger partial charge in [-0.25, -0.2) is 0 Å². The highest BCUT2D eigenvalue weighted by Crippen LogP contribution is 2.27. The number of benzene rings is 1. The Labute approximate surface area is 140 Å². The second-order valence-corrected chi connectivity index (χ2v) is 6.64. The zero-order valence-electron chi connectivity index (χ0n) is 13.3. The van der Waals surface area contributed by atoms with Crippen LogP contribution in [0.3, 0.4) is 0 Å². The molecule has 1 atom stereocenters. The van der Waals surface area contributed by atoms with Crippen molar-refractivity contribution in [3.05, 3.63) is 76.2 Å². The second kappa shape index (κ2) is 6.84. The highest BCUT2D eigenvalue weighted by molar-refractivity contribution is 7.10. The topological polar surface area (TPSA) is 34.0 Å². The minimum Gasteiger partial charge on any atom is -0.346 e. The smallest absolute Gasteiger partial charge is 0.226 e. The van der Waals surface area contributed by atoms with Crippen molar-refractivity contribution >= 4 is 22.9 Å². The summed E-state index contributed by atoms with van der Waals surface area (Å²) < 4.78 is 2.09. The quantitative estimate of drug-likeness (QED) is 0.719. The van der Waals surface area contributed by atoms with Crippen LogP contribution in [0.2, 0.25) is 0 Å². The molecule has 0 saturated heterocycles. The average Bonchev–Trinajstić information content (AvgIpc) is 3.22. The molecule has 0 aliphatic heterocycles. The van der Waals surface area contributed by atoms with E-state index in [-0.39, 0.29) is 11.9 Å². The van der Waals surface area contributed by atoms with Crippen LogP contribution in [0.25, 0.3) is 0 Å². The van der Waals surface area contributed by atoms with E-state index in [4.69, 9.17) is 0 Å². The fourth-order valence-electron chi connectivity index (χ4n) is 2.65. The molecule has 0 aliphatic rings. The Morgan fingerprint density at radius 3 is 2.61 bits per heavy atom. The number of nitrogens with one attached hydrogen (secondary N) is 1. The zero-order chi connectivity index (χ0) is 16.2. The Morgan fingerprint density at radius 2 is 1.91 bits per heavy atom. The van der Waals surface area contributed by atoms with Crippen molar-refractivity contribution < 1.29 is 4.79 Å². The molecule has 2 heterocycles. The van der Waals surface area contributed by atoms with Gasteiger partial charge in [0.1, 0.15) is 0 Å². The summed E-state index contributed by atoms with van der Waals surface area (Å²) in [5.74, 6) is 0.0331. The third-order valence-electron chi connectivity index (χ3n) is 4.12. The van der Waals surface area contributed by atoms with E-state index in [2.05, 4.69) is 34.3 Å². The summed E-state index contributed by atoms with van der Waals surface area (Å²) >= 11 is 1.68. The first-order valence-corrected chi connectivity index (χ1v) is 8.55. The van der Waals surface area contributed by atoms with Crippen LogP contribution in [0.4, 0.5) is 5.69 Å². The minimum atomic E-state index is 0.0331. The molecule has 1 aromatic carbocycles. The fourth-order valence-corrected chi connectivity index (χ4v) is 3.49. The summed E-state index contributed by atoms with van der Waals surface area (Å²) in [6.45, 7) is 4.09. The zero-order valence-corrected chi connectivity index (χ0v) is 14.1. The standard InChI is InChI=1S/C19H20N2OS/c1-14-7-5-8-16(15(14)2)20-19(22)13-17(18-9-6-12-23-18)21-10-3-4-11-21/h3-12,17H,13H2,1-2H3,(H,20,22)/t17-/m1/s1. The summed E-state index contributed by atoms with van der Waals surface area (Å²) in [7, 11) is 0. The number of aryl methyl sites for hydroxylation is 1. The number of nitrogens with zero attached hydrogens (tertiary/aromatic N) is 1. The number of carbonyl (C=O) groups is 1. The molecular formula is C19H20N2OS. The lowest BCUT2D eigenvalue weighted by Gasteiger charge is -2.18. The van der Waals surface area contributed by atoms with Crippen LogP contribution in [-0.4, -0.2) is 10.5 Å². The third kappa shape index (κ3) is 3.54. The summed E-state index contributed by atoms with van der Waals surface area (Å²) in [6, 6.07) is 14.1. The number of anilines is 1. The van der Waals surface area contributed by atoms with Gasteiger partial charge in [-0.1, -0.05) is 18.2 Å². The maximum Gasteiger partial charge on any atom is 0.226 e. The van der Waals surface area contributed by atoms with Crippen LogP contribution in [0, 0.1) is 13.8 Å². The summed E-state index contributed by atoms with van der Waals surface area (Å²) in [5.41, 5.74) is 3.20. The molecule has 0 unspecified atom stereocenters. The summed E-state index contributed by atoms with van der Waals surface area (Å²) in [6.07, 6.45) is 4.44. The van der Waals surface area contributed by atoms with Gasteiger partial charge in [0.2, 0.25) is 5.91 Å². The first kappa shape index (κ1) is 15.6. The molecule has 1 amide bonds. The van der Waals surface area contributed by atoms with Crippen molar-refractivity contribution in [1.82, 2.24) is 4.57 Å². The van der Waals surface area contributed by atoms with E-state index in [0.717, 1.165) is 11.3 Å². The van der Waals surface area contributed by atoms with Gasteiger partial charge >= 0.3 is 0 Å². The van der Waals surface area contributed by atoms with Crippen molar-refractivity contribution in [3.63, 3.8) is 0 Å². The first-order chi connectivity index (χ1) is 11.1. The van der Waals surface area contributed by atoms with Gasteiger partial charge in [-0.15, -0.1) is 11.3 Å². The molecule has 3 rings (SSSR count). The van der Waals surface area contributed by atoms with E-state index in [1.54, 1.807) is 11.3 Å². The number of hydrogen-bond acceptors (Lipinski definition) is 2. The predicted octanol–water partition coefficient (Wildman–Crippen LogP) is 4.78. The molecule has 4 heteroatoms. The van der Waals surface area contributed by atoms with Crippen LogP contribution >= 0.6 is 11.3 Å². The van der Waals surface area contributed by atoms with Gasteiger partial charge in [-0.2, -0.15) is 0 Å². The lowest BCUT2D eigenvalue weighted by molar-refractivity contribution is -0.116.